The first-order valence-electron chi connectivity index (χ1n) is 5.91. The maximum atomic E-state index is 5.61. The van der Waals surface area contributed by atoms with E-state index in [-0.39, 0.29) is 6.04 Å². The number of ether oxygens (including phenoxy) is 1. The van der Waals surface area contributed by atoms with Crippen LogP contribution in [-0.2, 0) is 18.2 Å². The van der Waals surface area contributed by atoms with Gasteiger partial charge in [0.25, 0.3) is 0 Å². The Balaban J connectivity index is 2.18. The molecule has 2 heterocycles. The molecular weight excluding hydrogens is 216 g/mol. The van der Waals surface area contributed by atoms with Crippen LogP contribution in [0.4, 0.5) is 0 Å². The van der Waals surface area contributed by atoms with Gasteiger partial charge < -0.3 is 4.74 Å². The van der Waals surface area contributed by atoms with E-state index in [1.54, 1.807) is 0 Å². The third-order valence-corrected chi connectivity index (χ3v) is 3.34. The van der Waals surface area contributed by atoms with Gasteiger partial charge in [-0.2, -0.15) is 5.10 Å². The van der Waals surface area contributed by atoms with Gasteiger partial charge in [-0.25, -0.2) is 5.43 Å². The molecule has 1 aliphatic rings. The van der Waals surface area contributed by atoms with E-state index in [2.05, 4.69) is 23.5 Å². The third-order valence-electron chi connectivity index (χ3n) is 3.34. The number of nitrogens with two attached hydrogens (primary N) is 1. The van der Waals surface area contributed by atoms with Crippen molar-refractivity contribution in [3.05, 3.63) is 28.8 Å². The van der Waals surface area contributed by atoms with E-state index in [4.69, 9.17) is 10.6 Å². The van der Waals surface area contributed by atoms with Crippen molar-refractivity contribution in [2.24, 2.45) is 12.9 Å². The Morgan fingerprint density at radius 3 is 2.82 bits per heavy atom. The largest absolute Gasteiger partial charge is 0.496 e. The quantitative estimate of drug-likeness (QED) is 0.597. The Hall–Kier alpha value is -1.33. The summed E-state index contributed by atoms with van der Waals surface area (Å²) in [5.41, 5.74) is 6.31. The van der Waals surface area contributed by atoms with Crippen LogP contribution in [0.15, 0.2) is 11.8 Å². The number of hydrazine groups is 1. The van der Waals surface area contributed by atoms with Gasteiger partial charge in [-0.3, -0.25) is 10.5 Å². The summed E-state index contributed by atoms with van der Waals surface area (Å²) in [4.78, 5) is 0. The number of hydrogen-bond donors (Lipinski definition) is 2. The van der Waals surface area contributed by atoms with Crippen LogP contribution in [-0.4, -0.2) is 22.4 Å². The van der Waals surface area contributed by atoms with Gasteiger partial charge in [-0.15, -0.1) is 0 Å². The van der Waals surface area contributed by atoms with Crippen molar-refractivity contribution in [2.45, 2.75) is 32.7 Å². The van der Waals surface area contributed by atoms with Gasteiger partial charge in [0.1, 0.15) is 5.76 Å². The van der Waals surface area contributed by atoms with Crippen molar-refractivity contribution >= 4 is 0 Å². The molecule has 0 aliphatic carbocycles. The van der Waals surface area contributed by atoms with Gasteiger partial charge >= 0.3 is 0 Å². The highest BCUT2D eigenvalue weighted by Gasteiger charge is 2.21. The highest BCUT2D eigenvalue weighted by molar-refractivity contribution is 5.27. The van der Waals surface area contributed by atoms with Crippen LogP contribution in [0.2, 0.25) is 0 Å². The van der Waals surface area contributed by atoms with Crippen molar-refractivity contribution in [2.75, 3.05) is 6.61 Å². The zero-order chi connectivity index (χ0) is 12.4. The zero-order valence-electron chi connectivity index (χ0n) is 10.7. The molecule has 1 unspecified atom stereocenters. The molecule has 94 valence electrons. The average Bonchev–Trinajstić information content (AvgIpc) is 2.89. The number of nitrogens with one attached hydrogen (secondary N) is 1. The lowest BCUT2D eigenvalue weighted by molar-refractivity contribution is 0.214. The molecule has 0 aromatic carbocycles. The van der Waals surface area contributed by atoms with Gasteiger partial charge in [0.2, 0.25) is 0 Å². The molecule has 0 amide bonds. The topological polar surface area (TPSA) is 65.1 Å². The standard InChI is InChI=1S/C12H20N4O/c1-8-10(9(2)16(3)15-8)7-11(14-13)12-5-4-6-17-12/h5,11,14H,4,6-7,13H2,1-3H3. The van der Waals surface area contributed by atoms with Gasteiger partial charge in [-0.05, 0) is 31.9 Å². The number of rotatable bonds is 4. The third kappa shape index (κ3) is 2.35. The molecule has 0 bridgehead atoms. The Morgan fingerprint density at radius 2 is 2.35 bits per heavy atom. The van der Waals surface area contributed by atoms with E-state index < -0.39 is 0 Å². The van der Waals surface area contributed by atoms with Crippen LogP contribution >= 0.6 is 0 Å². The molecule has 1 aromatic heterocycles. The first-order valence-corrected chi connectivity index (χ1v) is 5.91. The molecule has 17 heavy (non-hydrogen) atoms. The Morgan fingerprint density at radius 1 is 1.59 bits per heavy atom. The van der Waals surface area contributed by atoms with Crippen molar-refractivity contribution < 1.29 is 4.74 Å². The summed E-state index contributed by atoms with van der Waals surface area (Å²) in [5.74, 6) is 6.56. The summed E-state index contributed by atoms with van der Waals surface area (Å²) >= 11 is 0. The lowest BCUT2D eigenvalue weighted by Gasteiger charge is -2.17. The number of nitrogens with zero attached hydrogens (tertiary/aromatic N) is 2. The number of aromatic nitrogens is 2. The smallest absolute Gasteiger partial charge is 0.111 e. The minimum atomic E-state index is 0.0408. The minimum absolute atomic E-state index is 0.0408. The molecular formula is C12H20N4O. The average molecular weight is 236 g/mol. The van der Waals surface area contributed by atoms with Crippen molar-refractivity contribution in [3.63, 3.8) is 0 Å². The summed E-state index contributed by atoms with van der Waals surface area (Å²) in [6.07, 6.45) is 3.89. The van der Waals surface area contributed by atoms with Crippen molar-refractivity contribution in [3.8, 4) is 0 Å². The fraction of sp³-hybridized carbons (Fsp3) is 0.583. The highest BCUT2D eigenvalue weighted by atomic mass is 16.5. The first-order chi connectivity index (χ1) is 8.13. The summed E-state index contributed by atoms with van der Waals surface area (Å²) in [5, 5.41) is 4.41. The number of hydrogen-bond acceptors (Lipinski definition) is 4. The van der Waals surface area contributed by atoms with Crippen LogP contribution in [0.5, 0.6) is 0 Å². The van der Waals surface area contributed by atoms with E-state index in [0.29, 0.717) is 0 Å². The Kier molecular flexibility index (Phi) is 3.49. The van der Waals surface area contributed by atoms with Crippen LogP contribution in [0.3, 0.4) is 0 Å². The maximum Gasteiger partial charge on any atom is 0.111 e. The molecule has 0 saturated carbocycles. The summed E-state index contributed by atoms with van der Waals surface area (Å²) < 4.78 is 7.46. The molecule has 5 nitrogen and oxygen atoms in total. The summed E-state index contributed by atoms with van der Waals surface area (Å²) in [6, 6.07) is 0.0408. The van der Waals surface area contributed by atoms with Gasteiger partial charge in [0.15, 0.2) is 0 Å². The molecule has 3 N–H and O–H groups in total. The lowest BCUT2D eigenvalue weighted by Crippen LogP contribution is -2.38. The van der Waals surface area contributed by atoms with Gasteiger partial charge in [-0.1, -0.05) is 0 Å². The predicted octanol–water partition coefficient (Wildman–Crippen LogP) is 0.716. The van der Waals surface area contributed by atoms with E-state index in [9.17, 15) is 0 Å². The number of aryl methyl sites for hydroxylation is 2. The second-order valence-corrected chi connectivity index (χ2v) is 4.44. The van der Waals surface area contributed by atoms with Gasteiger partial charge in [0.05, 0.1) is 18.3 Å². The van der Waals surface area contributed by atoms with E-state index >= 15 is 0 Å². The Labute approximate surface area is 102 Å². The van der Waals surface area contributed by atoms with Crippen LogP contribution in [0.25, 0.3) is 0 Å². The second-order valence-electron chi connectivity index (χ2n) is 4.44. The summed E-state index contributed by atoms with van der Waals surface area (Å²) in [6.45, 7) is 4.87. The molecule has 1 aromatic rings. The SMILES string of the molecule is Cc1nn(C)c(C)c1CC(NN)C1=CCCO1. The molecule has 0 radical (unpaired) electrons. The maximum absolute atomic E-state index is 5.61. The zero-order valence-corrected chi connectivity index (χ0v) is 10.7. The summed E-state index contributed by atoms with van der Waals surface area (Å²) in [7, 11) is 1.96. The molecule has 2 rings (SSSR count). The fourth-order valence-corrected chi connectivity index (χ4v) is 2.24. The lowest BCUT2D eigenvalue weighted by atomic mass is 10.0. The molecule has 5 heteroatoms. The molecule has 1 atom stereocenters. The van der Waals surface area contributed by atoms with E-state index in [0.717, 1.165) is 30.9 Å². The molecule has 0 fully saturated rings. The molecule has 0 spiro atoms. The Bertz CT molecular complexity index is 436. The first kappa shape index (κ1) is 12.1. The van der Waals surface area contributed by atoms with Crippen LogP contribution in [0, 0.1) is 13.8 Å². The normalized spacial score (nSPS) is 16.8. The predicted molar refractivity (Wildman–Crippen MR) is 66.1 cm³/mol. The monoisotopic (exact) mass is 236 g/mol. The van der Waals surface area contributed by atoms with Crippen molar-refractivity contribution in [1.29, 1.82) is 0 Å². The molecule has 0 saturated heterocycles. The van der Waals surface area contributed by atoms with Crippen LogP contribution in [0.1, 0.15) is 23.4 Å². The van der Waals surface area contributed by atoms with Crippen LogP contribution < -0.4 is 11.3 Å². The highest BCUT2D eigenvalue weighted by Crippen LogP contribution is 2.20. The minimum Gasteiger partial charge on any atom is -0.496 e. The second kappa shape index (κ2) is 4.89. The van der Waals surface area contributed by atoms with Gasteiger partial charge in [0, 0.05) is 19.2 Å². The van der Waals surface area contributed by atoms with E-state index in [1.165, 1.54) is 11.3 Å². The fourth-order valence-electron chi connectivity index (χ4n) is 2.24. The van der Waals surface area contributed by atoms with E-state index in [1.807, 2.05) is 18.7 Å². The molecule has 1 aliphatic heterocycles. The van der Waals surface area contributed by atoms with Crippen molar-refractivity contribution in [1.82, 2.24) is 15.2 Å².